The minimum atomic E-state index is -1.11. The number of aromatic carboxylic acids is 1. The van der Waals surface area contributed by atoms with Crippen LogP contribution in [-0.2, 0) is 0 Å². The fourth-order valence-corrected chi connectivity index (χ4v) is 1.95. The van der Waals surface area contributed by atoms with Crippen LogP contribution in [0.3, 0.4) is 0 Å². The molecule has 0 aliphatic rings. The van der Waals surface area contributed by atoms with Gasteiger partial charge in [-0.2, -0.15) is 0 Å². The summed E-state index contributed by atoms with van der Waals surface area (Å²) in [5.41, 5.74) is -0.151. The summed E-state index contributed by atoms with van der Waals surface area (Å²) in [6.45, 7) is 0. The molecule has 0 bridgehead atoms. The van der Waals surface area contributed by atoms with E-state index in [0.29, 0.717) is 0 Å². The molecule has 0 atom stereocenters. The van der Waals surface area contributed by atoms with E-state index < -0.39 is 10.9 Å². The monoisotopic (exact) mass is 327 g/mol. The van der Waals surface area contributed by atoms with Crippen molar-refractivity contribution in [1.82, 2.24) is 0 Å². The fourth-order valence-electron chi connectivity index (χ4n) is 1.52. The Hall–Kier alpha value is -2.31. The number of nitrogens with zero attached hydrogens (tertiary/aromatic N) is 1. The number of rotatable bonds is 4. The number of hydrogen-bond donors (Lipinski definition) is 1. The summed E-state index contributed by atoms with van der Waals surface area (Å²) in [5, 5.41) is 19.6. The number of ether oxygens (including phenoxy) is 1. The Morgan fingerprint density at radius 2 is 1.67 bits per heavy atom. The third-order valence-electron chi connectivity index (χ3n) is 2.53. The van der Waals surface area contributed by atoms with Crippen LogP contribution in [-0.4, -0.2) is 16.0 Å². The molecule has 0 aromatic heterocycles. The van der Waals surface area contributed by atoms with Crippen molar-refractivity contribution < 1.29 is 19.6 Å². The lowest BCUT2D eigenvalue weighted by Gasteiger charge is -2.09. The molecule has 2 aromatic rings. The second-order valence-corrected chi connectivity index (χ2v) is 4.74. The average Bonchev–Trinajstić information content (AvgIpc) is 2.42. The smallest absolute Gasteiger partial charge is 0.335 e. The zero-order chi connectivity index (χ0) is 15.6. The summed E-state index contributed by atoms with van der Waals surface area (Å²) < 4.78 is 5.43. The number of non-ortho nitro benzene ring substituents is 1. The number of nitro groups is 1. The Kier molecular flexibility index (Phi) is 4.30. The number of carbonyl (C=O) groups is 1. The van der Waals surface area contributed by atoms with E-state index in [4.69, 9.17) is 33.0 Å². The molecule has 0 saturated carbocycles. The summed E-state index contributed by atoms with van der Waals surface area (Å²) in [4.78, 5) is 20.8. The van der Waals surface area contributed by atoms with Gasteiger partial charge in [0.05, 0.1) is 20.5 Å². The van der Waals surface area contributed by atoms with Crippen LogP contribution in [0.4, 0.5) is 5.69 Å². The molecule has 2 aromatic carbocycles. The molecule has 0 aliphatic heterocycles. The molecule has 6 nitrogen and oxygen atoms in total. The molecule has 1 N–H and O–H groups in total. The van der Waals surface area contributed by atoms with Gasteiger partial charge in [0.25, 0.3) is 5.69 Å². The van der Waals surface area contributed by atoms with Crippen molar-refractivity contribution in [3.05, 3.63) is 62.1 Å². The van der Waals surface area contributed by atoms with Crippen LogP contribution in [0, 0.1) is 10.1 Å². The number of carboxylic acids is 1. The molecule has 21 heavy (non-hydrogen) atoms. The minimum Gasteiger partial charge on any atom is -0.478 e. The maximum Gasteiger partial charge on any atom is 0.335 e. The average molecular weight is 328 g/mol. The predicted octanol–water partition coefficient (Wildman–Crippen LogP) is 4.39. The quantitative estimate of drug-likeness (QED) is 0.664. The molecule has 108 valence electrons. The summed E-state index contributed by atoms with van der Waals surface area (Å²) in [5.74, 6) is -0.749. The van der Waals surface area contributed by atoms with Crippen molar-refractivity contribution in [2.45, 2.75) is 0 Å². The third kappa shape index (κ3) is 3.42. The highest BCUT2D eigenvalue weighted by Gasteiger charge is 2.13. The van der Waals surface area contributed by atoms with E-state index in [1.165, 1.54) is 30.3 Å². The van der Waals surface area contributed by atoms with Gasteiger partial charge in [-0.3, -0.25) is 10.1 Å². The second-order valence-electron chi connectivity index (χ2n) is 3.92. The summed E-state index contributed by atoms with van der Waals surface area (Å²) in [6.07, 6.45) is 0. The lowest BCUT2D eigenvalue weighted by Crippen LogP contribution is -1.96. The molecular formula is C13H7Cl2NO5. The first-order valence-electron chi connectivity index (χ1n) is 5.53. The largest absolute Gasteiger partial charge is 0.478 e. The van der Waals surface area contributed by atoms with Gasteiger partial charge in [-0.05, 0) is 24.3 Å². The molecular weight excluding hydrogens is 321 g/mol. The van der Waals surface area contributed by atoms with E-state index in [0.717, 1.165) is 6.07 Å². The third-order valence-corrected chi connectivity index (χ3v) is 3.12. The number of hydrogen-bond acceptors (Lipinski definition) is 4. The molecule has 0 radical (unpaired) electrons. The van der Waals surface area contributed by atoms with Crippen LogP contribution in [0.25, 0.3) is 0 Å². The number of halogens is 2. The van der Waals surface area contributed by atoms with Crippen molar-refractivity contribution in [1.29, 1.82) is 0 Å². The molecule has 8 heteroatoms. The van der Waals surface area contributed by atoms with Gasteiger partial charge in [0.1, 0.15) is 11.5 Å². The van der Waals surface area contributed by atoms with Crippen LogP contribution in [0.5, 0.6) is 11.5 Å². The topological polar surface area (TPSA) is 89.7 Å². The van der Waals surface area contributed by atoms with Crippen molar-refractivity contribution in [2.75, 3.05) is 0 Å². The van der Waals surface area contributed by atoms with E-state index >= 15 is 0 Å². The number of benzene rings is 2. The van der Waals surface area contributed by atoms with Crippen LogP contribution in [0.1, 0.15) is 10.4 Å². The van der Waals surface area contributed by atoms with Gasteiger partial charge >= 0.3 is 5.97 Å². The van der Waals surface area contributed by atoms with E-state index in [-0.39, 0.29) is 32.8 Å². The first-order valence-corrected chi connectivity index (χ1v) is 6.28. The molecule has 0 unspecified atom stereocenters. The predicted molar refractivity (Wildman–Crippen MR) is 76.6 cm³/mol. The minimum absolute atomic E-state index is 0.0159. The summed E-state index contributed by atoms with van der Waals surface area (Å²) >= 11 is 11.8. The Morgan fingerprint density at radius 3 is 2.14 bits per heavy atom. The molecule has 0 spiro atoms. The second kappa shape index (κ2) is 5.99. The van der Waals surface area contributed by atoms with E-state index in [2.05, 4.69) is 0 Å². The first-order chi connectivity index (χ1) is 9.88. The van der Waals surface area contributed by atoms with E-state index in [1.54, 1.807) is 0 Å². The van der Waals surface area contributed by atoms with Gasteiger partial charge in [0.2, 0.25) is 0 Å². The Balaban J connectivity index is 2.30. The Labute approximate surface area is 128 Å². The van der Waals surface area contributed by atoms with Gasteiger partial charge in [0.15, 0.2) is 0 Å². The number of nitro benzene ring substituents is 1. The van der Waals surface area contributed by atoms with Gasteiger partial charge in [0, 0.05) is 12.1 Å². The highest BCUT2D eigenvalue weighted by Crippen LogP contribution is 2.35. The van der Waals surface area contributed by atoms with E-state index in [9.17, 15) is 14.9 Å². The maximum atomic E-state index is 10.8. The lowest BCUT2D eigenvalue weighted by molar-refractivity contribution is -0.384. The van der Waals surface area contributed by atoms with Gasteiger partial charge < -0.3 is 9.84 Å². The molecule has 0 heterocycles. The molecule has 0 saturated heterocycles. The lowest BCUT2D eigenvalue weighted by atomic mass is 10.2. The molecule has 0 amide bonds. The highest BCUT2D eigenvalue weighted by atomic mass is 35.5. The highest BCUT2D eigenvalue weighted by molar-refractivity contribution is 6.33. The van der Waals surface area contributed by atoms with Gasteiger partial charge in [-0.25, -0.2) is 4.79 Å². The standard InChI is InChI=1S/C13H7Cl2NO5/c14-9-5-7(13(17)18)1-3-11(9)21-12-4-2-8(16(19)20)6-10(12)15/h1-6H,(H,17,18). The van der Waals surface area contributed by atoms with Crippen LogP contribution < -0.4 is 4.74 Å². The molecule has 0 aliphatic carbocycles. The molecule has 2 rings (SSSR count). The first kappa shape index (κ1) is 15.1. The number of carboxylic acid groups (broad SMARTS) is 1. The van der Waals surface area contributed by atoms with Crippen molar-refractivity contribution >= 4 is 34.9 Å². The summed E-state index contributed by atoms with van der Waals surface area (Å²) in [6, 6.07) is 7.66. The van der Waals surface area contributed by atoms with Crippen molar-refractivity contribution in [3.63, 3.8) is 0 Å². The maximum absolute atomic E-state index is 10.8. The Morgan fingerprint density at radius 1 is 1.10 bits per heavy atom. The van der Waals surface area contributed by atoms with Gasteiger partial charge in [-0.15, -0.1) is 0 Å². The fraction of sp³-hybridized carbons (Fsp3) is 0. The molecule has 0 fully saturated rings. The van der Waals surface area contributed by atoms with Crippen LogP contribution >= 0.6 is 23.2 Å². The zero-order valence-corrected chi connectivity index (χ0v) is 11.8. The van der Waals surface area contributed by atoms with E-state index in [1.807, 2.05) is 0 Å². The normalized spacial score (nSPS) is 10.2. The SMILES string of the molecule is O=C(O)c1ccc(Oc2ccc([N+](=O)[O-])cc2Cl)c(Cl)c1. The summed E-state index contributed by atoms with van der Waals surface area (Å²) in [7, 11) is 0. The zero-order valence-electron chi connectivity index (χ0n) is 10.2. The Bertz CT molecular complexity index is 671. The van der Waals surface area contributed by atoms with Crippen LogP contribution in [0.2, 0.25) is 10.0 Å². The van der Waals surface area contributed by atoms with Crippen molar-refractivity contribution in [2.24, 2.45) is 0 Å². The van der Waals surface area contributed by atoms with Crippen molar-refractivity contribution in [3.8, 4) is 11.5 Å². The van der Waals surface area contributed by atoms with Gasteiger partial charge in [-0.1, -0.05) is 23.2 Å². The van der Waals surface area contributed by atoms with Crippen LogP contribution in [0.15, 0.2) is 36.4 Å².